The van der Waals surface area contributed by atoms with E-state index in [1.165, 1.54) is 5.56 Å². The van der Waals surface area contributed by atoms with Gasteiger partial charge in [-0.05, 0) is 38.1 Å². The van der Waals surface area contributed by atoms with Crippen LogP contribution >= 0.6 is 0 Å². The number of nitrogens with one attached hydrogen (secondary N) is 1. The highest BCUT2D eigenvalue weighted by atomic mass is 16.5. The Labute approximate surface area is 97.0 Å². The lowest BCUT2D eigenvalue weighted by Crippen LogP contribution is -2.12. The van der Waals surface area contributed by atoms with Gasteiger partial charge in [0, 0.05) is 12.5 Å². The highest BCUT2D eigenvalue weighted by Crippen LogP contribution is 2.18. The third-order valence-electron chi connectivity index (χ3n) is 2.49. The van der Waals surface area contributed by atoms with Crippen LogP contribution < -0.4 is 10.1 Å². The quantitative estimate of drug-likeness (QED) is 0.746. The van der Waals surface area contributed by atoms with Gasteiger partial charge in [0.05, 0.1) is 12.7 Å². The van der Waals surface area contributed by atoms with Crippen molar-refractivity contribution in [2.45, 2.75) is 25.8 Å². The molecule has 1 aromatic rings. The van der Waals surface area contributed by atoms with Crippen molar-refractivity contribution in [2.75, 3.05) is 13.7 Å². The fraction of sp³-hybridized carbons (Fsp3) is 0.462. The standard InChI is InChI=1S/C13H18N2O/c1-11(15-2)12-6-5-7-13(10-12)16-9-4-3-8-14/h5-7,10-11,15H,3-4,9H2,1-2H3. The Hall–Kier alpha value is -1.53. The van der Waals surface area contributed by atoms with Gasteiger partial charge >= 0.3 is 0 Å². The number of unbranched alkanes of at least 4 members (excludes halogenated alkanes) is 1. The second-order valence-corrected chi connectivity index (χ2v) is 3.69. The summed E-state index contributed by atoms with van der Waals surface area (Å²) in [5.41, 5.74) is 1.21. The van der Waals surface area contributed by atoms with Crippen LogP contribution in [-0.4, -0.2) is 13.7 Å². The second-order valence-electron chi connectivity index (χ2n) is 3.69. The average molecular weight is 218 g/mol. The van der Waals surface area contributed by atoms with Gasteiger partial charge in [-0.15, -0.1) is 0 Å². The highest BCUT2D eigenvalue weighted by molar-refractivity contribution is 5.30. The number of nitrogens with zero attached hydrogens (tertiary/aromatic N) is 1. The number of benzene rings is 1. The van der Waals surface area contributed by atoms with Gasteiger partial charge in [0.15, 0.2) is 0 Å². The van der Waals surface area contributed by atoms with Gasteiger partial charge in [-0.1, -0.05) is 12.1 Å². The molecule has 0 fully saturated rings. The van der Waals surface area contributed by atoms with Crippen molar-refractivity contribution in [1.82, 2.24) is 5.32 Å². The number of hydrogen-bond acceptors (Lipinski definition) is 3. The van der Waals surface area contributed by atoms with E-state index in [1.54, 1.807) is 0 Å². The molecule has 1 rings (SSSR count). The Balaban J connectivity index is 2.51. The van der Waals surface area contributed by atoms with Crippen LogP contribution in [0.5, 0.6) is 5.75 Å². The van der Waals surface area contributed by atoms with Gasteiger partial charge in [0.25, 0.3) is 0 Å². The highest BCUT2D eigenvalue weighted by Gasteiger charge is 2.03. The molecular weight excluding hydrogens is 200 g/mol. The Morgan fingerprint density at radius 1 is 1.50 bits per heavy atom. The molecular formula is C13H18N2O. The second kappa shape index (κ2) is 6.86. The molecule has 0 aromatic heterocycles. The summed E-state index contributed by atoms with van der Waals surface area (Å²) in [6.45, 7) is 2.71. The molecule has 3 heteroatoms. The van der Waals surface area contributed by atoms with Crippen LogP contribution in [0, 0.1) is 11.3 Å². The van der Waals surface area contributed by atoms with Crippen LogP contribution in [0.2, 0.25) is 0 Å². The first-order chi connectivity index (χ1) is 7.77. The predicted octanol–water partition coefficient (Wildman–Crippen LogP) is 2.65. The van der Waals surface area contributed by atoms with Crippen molar-refractivity contribution < 1.29 is 4.74 Å². The molecule has 0 aliphatic heterocycles. The van der Waals surface area contributed by atoms with Gasteiger partial charge in [-0.2, -0.15) is 5.26 Å². The fourth-order valence-electron chi connectivity index (χ4n) is 1.38. The van der Waals surface area contributed by atoms with Crippen LogP contribution in [0.25, 0.3) is 0 Å². The van der Waals surface area contributed by atoms with E-state index in [4.69, 9.17) is 10.00 Å². The Morgan fingerprint density at radius 2 is 2.31 bits per heavy atom. The lowest BCUT2D eigenvalue weighted by molar-refractivity contribution is 0.312. The van der Waals surface area contributed by atoms with Crippen molar-refractivity contribution in [3.8, 4) is 11.8 Å². The first-order valence-corrected chi connectivity index (χ1v) is 5.55. The summed E-state index contributed by atoms with van der Waals surface area (Å²) >= 11 is 0. The van der Waals surface area contributed by atoms with Crippen LogP contribution in [0.15, 0.2) is 24.3 Å². The SMILES string of the molecule is CNC(C)c1cccc(OCCCC#N)c1. The maximum atomic E-state index is 8.40. The maximum absolute atomic E-state index is 8.40. The van der Waals surface area contributed by atoms with E-state index in [9.17, 15) is 0 Å². The largest absolute Gasteiger partial charge is 0.494 e. The van der Waals surface area contributed by atoms with Crippen LogP contribution in [0.3, 0.4) is 0 Å². The van der Waals surface area contributed by atoms with Crippen LogP contribution in [0.1, 0.15) is 31.4 Å². The third-order valence-corrected chi connectivity index (χ3v) is 2.49. The zero-order valence-electron chi connectivity index (χ0n) is 9.86. The van der Waals surface area contributed by atoms with Crippen LogP contribution in [-0.2, 0) is 0 Å². The molecule has 1 unspecified atom stereocenters. The van der Waals surface area contributed by atoms with Crippen molar-refractivity contribution in [1.29, 1.82) is 5.26 Å². The number of rotatable bonds is 6. The molecule has 0 saturated carbocycles. The Kier molecular flexibility index (Phi) is 5.38. The van der Waals surface area contributed by atoms with Crippen molar-refractivity contribution >= 4 is 0 Å². The molecule has 0 amide bonds. The van der Waals surface area contributed by atoms with E-state index in [-0.39, 0.29) is 0 Å². The van der Waals surface area contributed by atoms with E-state index >= 15 is 0 Å². The van der Waals surface area contributed by atoms with E-state index in [1.807, 2.05) is 25.2 Å². The first kappa shape index (κ1) is 12.5. The van der Waals surface area contributed by atoms with Crippen molar-refractivity contribution in [3.63, 3.8) is 0 Å². The maximum Gasteiger partial charge on any atom is 0.119 e. The lowest BCUT2D eigenvalue weighted by atomic mass is 10.1. The first-order valence-electron chi connectivity index (χ1n) is 5.55. The molecule has 0 radical (unpaired) electrons. The number of ether oxygens (including phenoxy) is 1. The molecule has 86 valence electrons. The Morgan fingerprint density at radius 3 is 3.00 bits per heavy atom. The fourth-order valence-corrected chi connectivity index (χ4v) is 1.38. The smallest absolute Gasteiger partial charge is 0.119 e. The molecule has 0 saturated heterocycles. The number of hydrogen-bond donors (Lipinski definition) is 1. The van der Waals surface area contributed by atoms with E-state index in [2.05, 4.69) is 24.4 Å². The van der Waals surface area contributed by atoms with E-state index < -0.39 is 0 Å². The summed E-state index contributed by atoms with van der Waals surface area (Å²) in [4.78, 5) is 0. The zero-order valence-corrected chi connectivity index (χ0v) is 9.86. The van der Waals surface area contributed by atoms with Gasteiger partial charge in [0.2, 0.25) is 0 Å². The molecule has 0 aliphatic carbocycles. The van der Waals surface area contributed by atoms with Gasteiger partial charge < -0.3 is 10.1 Å². The molecule has 0 aliphatic rings. The van der Waals surface area contributed by atoms with Gasteiger partial charge in [-0.3, -0.25) is 0 Å². The summed E-state index contributed by atoms with van der Waals surface area (Å²) in [6.07, 6.45) is 1.33. The molecule has 0 spiro atoms. The predicted molar refractivity (Wildman–Crippen MR) is 64.3 cm³/mol. The molecule has 1 atom stereocenters. The molecule has 0 heterocycles. The third kappa shape index (κ3) is 3.92. The molecule has 3 nitrogen and oxygen atoms in total. The van der Waals surface area contributed by atoms with Crippen molar-refractivity contribution in [3.05, 3.63) is 29.8 Å². The minimum Gasteiger partial charge on any atom is -0.494 e. The summed E-state index contributed by atoms with van der Waals surface area (Å²) in [5.74, 6) is 0.873. The molecule has 1 N–H and O–H groups in total. The lowest BCUT2D eigenvalue weighted by Gasteiger charge is -2.12. The van der Waals surface area contributed by atoms with E-state index in [0.717, 1.165) is 12.2 Å². The summed E-state index contributed by atoms with van der Waals surface area (Å²) in [7, 11) is 1.94. The normalized spacial score (nSPS) is 11.8. The number of nitriles is 1. The van der Waals surface area contributed by atoms with Crippen molar-refractivity contribution in [2.24, 2.45) is 0 Å². The Bertz CT molecular complexity index is 357. The summed E-state index contributed by atoms with van der Waals surface area (Å²) < 4.78 is 5.56. The minimum atomic E-state index is 0.322. The minimum absolute atomic E-state index is 0.322. The average Bonchev–Trinajstić information content (AvgIpc) is 2.34. The molecule has 16 heavy (non-hydrogen) atoms. The molecule has 1 aromatic carbocycles. The topological polar surface area (TPSA) is 45.0 Å². The summed E-state index contributed by atoms with van der Waals surface area (Å²) in [5, 5.41) is 11.6. The monoisotopic (exact) mass is 218 g/mol. The molecule has 0 bridgehead atoms. The summed E-state index contributed by atoms with van der Waals surface area (Å²) in [6, 6.07) is 10.5. The van der Waals surface area contributed by atoms with Gasteiger partial charge in [0.1, 0.15) is 5.75 Å². The zero-order chi connectivity index (χ0) is 11.8. The van der Waals surface area contributed by atoms with Gasteiger partial charge in [-0.25, -0.2) is 0 Å². The van der Waals surface area contributed by atoms with Crippen LogP contribution in [0.4, 0.5) is 0 Å². The van der Waals surface area contributed by atoms with E-state index in [0.29, 0.717) is 19.1 Å².